The second-order valence-electron chi connectivity index (χ2n) is 3.49. The minimum Gasteiger partial charge on any atom is -0.377 e. The van der Waals surface area contributed by atoms with Gasteiger partial charge in [0, 0.05) is 24.3 Å². The van der Waals surface area contributed by atoms with Crippen molar-refractivity contribution in [2.45, 2.75) is 6.42 Å². The molecular formula is C11H17BrN2. The number of nitrogens with zero attached hydrogens (tertiary/aromatic N) is 1. The molecule has 0 saturated heterocycles. The normalized spacial score (nSPS) is 10.3. The number of hydrogen-bond acceptors (Lipinski definition) is 2. The standard InChI is InChI=1S/C11H17BrN2/c1-13-8-7-9-10(12)5-4-6-11(9)14(2)3/h4-6,13H,7-8H2,1-3H3. The zero-order valence-corrected chi connectivity index (χ0v) is 10.6. The molecule has 78 valence electrons. The van der Waals surface area contributed by atoms with Crippen LogP contribution in [0.3, 0.4) is 0 Å². The molecule has 0 aliphatic carbocycles. The van der Waals surface area contributed by atoms with Gasteiger partial charge in [-0.1, -0.05) is 22.0 Å². The molecule has 14 heavy (non-hydrogen) atoms. The summed E-state index contributed by atoms with van der Waals surface area (Å²) in [6, 6.07) is 6.32. The highest BCUT2D eigenvalue weighted by Gasteiger charge is 2.07. The molecule has 0 unspecified atom stereocenters. The highest BCUT2D eigenvalue weighted by Crippen LogP contribution is 2.26. The van der Waals surface area contributed by atoms with E-state index in [2.05, 4.69) is 58.4 Å². The van der Waals surface area contributed by atoms with Crippen molar-refractivity contribution < 1.29 is 0 Å². The van der Waals surface area contributed by atoms with Crippen molar-refractivity contribution in [1.82, 2.24) is 5.32 Å². The van der Waals surface area contributed by atoms with E-state index < -0.39 is 0 Å². The molecular weight excluding hydrogens is 240 g/mol. The summed E-state index contributed by atoms with van der Waals surface area (Å²) in [6.45, 7) is 1.00. The van der Waals surface area contributed by atoms with Gasteiger partial charge in [0.15, 0.2) is 0 Å². The number of likely N-dealkylation sites (N-methyl/N-ethyl adjacent to an activating group) is 1. The van der Waals surface area contributed by atoms with E-state index in [4.69, 9.17) is 0 Å². The van der Waals surface area contributed by atoms with E-state index in [1.165, 1.54) is 15.7 Å². The fraction of sp³-hybridized carbons (Fsp3) is 0.455. The lowest BCUT2D eigenvalue weighted by Crippen LogP contribution is -2.15. The molecule has 1 N–H and O–H groups in total. The fourth-order valence-electron chi connectivity index (χ4n) is 1.46. The SMILES string of the molecule is CNCCc1c(Br)cccc1N(C)C. The maximum Gasteiger partial charge on any atom is 0.0405 e. The summed E-state index contributed by atoms with van der Waals surface area (Å²) in [7, 11) is 6.13. The van der Waals surface area contributed by atoms with Gasteiger partial charge in [0.1, 0.15) is 0 Å². The third-order valence-corrected chi connectivity index (χ3v) is 2.94. The average Bonchev–Trinajstić information content (AvgIpc) is 2.15. The van der Waals surface area contributed by atoms with Crippen molar-refractivity contribution in [2.24, 2.45) is 0 Å². The molecule has 0 aliphatic heterocycles. The van der Waals surface area contributed by atoms with Crippen LogP contribution in [0.4, 0.5) is 5.69 Å². The third kappa shape index (κ3) is 2.72. The van der Waals surface area contributed by atoms with E-state index in [9.17, 15) is 0 Å². The maximum atomic E-state index is 3.59. The van der Waals surface area contributed by atoms with Crippen LogP contribution >= 0.6 is 15.9 Å². The van der Waals surface area contributed by atoms with Gasteiger partial charge in [0.2, 0.25) is 0 Å². The van der Waals surface area contributed by atoms with E-state index in [1.807, 2.05) is 7.05 Å². The first-order chi connectivity index (χ1) is 6.66. The molecule has 1 rings (SSSR count). The number of rotatable bonds is 4. The van der Waals surface area contributed by atoms with E-state index in [1.54, 1.807) is 0 Å². The molecule has 0 spiro atoms. The van der Waals surface area contributed by atoms with Crippen LogP contribution in [0.5, 0.6) is 0 Å². The molecule has 0 atom stereocenters. The van der Waals surface area contributed by atoms with Crippen LogP contribution in [-0.2, 0) is 6.42 Å². The van der Waals surface area contributed by atoms with Gasteiger partial charge in [-0.3, -0.25) is 0 Å². The molecule has 0 fully saturated rings. The molecule has 0 amide bonds. The van der Waals surface area contributed by atoms with Crippen molar-refractivity contribution in [2.75, 3.05) is 32.6 Å². The van der Waals surface area contributed by atoms with Crippen LogP contribution in [0.25, 0.3) is 0 Å². The highest BCUT2D eigenvalue weighted by molar-refractivity contribution is 9.10. The molecule has 0 saturated carbocycles. The first-order valence-electron chi connectivity index (χ1n) is 4.76. The van der Waals surface area contributed by atoms with Crippen molar-refractivity contribution >= 4 is 21.6 Å². The Labute approximate surface area is 94.4 Å². The summed E-state index contributed by atoms with van der Waals surface area (Å²) in [4.78, 5) is 2.15. The van der Waals surface area contributed by atoms with Gasteiger partial charge in [-0.15, -0.1) is 0 Å². The van der Waals surface area contributed by atoms with E-state index in [0.717, 1.165) is 13.0 Å². The van der Waals surface area contributed by atoms with E-state index >= 15 is 0 Å². The number of hydrogen-bond donors (Lipinski definition) is 1. The van der Waals surface area contributed by atoms with Crippen molar-refractivity contribution in [3.8, 4) is 0 Å². The molecule has 0 radical (unpaired) electrons. The quantitative estimate of drug-likeness (QED) is 0.890. The summed E-state index contributed by atoms with van der Waals surface area (Å²) < 4.78 is 1.19. The maximum absolute atomic E-state index is 3.59. The molecule has 2 nitrogen and oxygen atoms in total. The van der Waals surface area contributed by atoms with Crippen LogP contribution < -0.4 is 10.2 Å². The molecule has 0 heterocycles. The second kappa shape index (κ2) is 5.37. The predicted octanol–water partition coefficient (Wildman–Crippen LogP) is 2.28. The van der Waals surface area contributed by atoms with Crippen molar-refractivity contribution in [3.63, 3.8) is 0 Å². The first-order valence-corrected chi connectivity index (χ1v) is 5.55. The minimum absolute atomic E-state index is 1.00. The van der Waals surface area contributed by atoms with E-state index in [-0.39, 0.29) is 0 Å². The average molecular weight is 257 g/mol. The van der Waals surface area contributed by atoms with Crippen LogP contribution in [0.15, 0.2) is 22.7 Å². The van der Waals surface area contributed by atoms with Crippen molar-refractivity contribution in [3.05, 3.63) is 28.2 Å². The van der Waals surface area contributed by atoms with E-state index in [0.29, 0.717) is 0 Å². The van der Waals surface area contributed by atoms with Crippen LogP contribution in [-0.4, -0.2) is 27.7 Å². The Morgan fingerprint density at radius 1 is 1.36 bits per heavy atom. The molecule has 3 heteroatoms. The number of halogens is 1. The lowest BCUT2D eigenvalue weighted by molar-refractivity contribution is 0.788. The zero-order valence-electron chi connectivity index (χ0n) is 8.97. The number of nitrogens with one attached hydrogen (secondary N) is 1. The first kappa shape index (κ1) is 11.5. The number of anilines is 1. The minimum atomic E-state index is 1.00. The Bertz CT molecular complexity index is 297. The highest BCUT2D eigenvalue weighted by atomic mass is 79.9. The van der Waals surface area contributed by atoms with Gasteiger partial charge in [0.05, 0.1) is 0 Å². The van der Waals surface area contributed by atoms with Crippen LogP contribution in [0.1, 0.15) is 5.56 Å². The summed E-state index contributed by atoms with van der Waals surface area (Å²) >= 11 is 3.59. The number of benzene rings is 1. The Kier molecular flexibility index (Phi) is 4.42. The molecule has 1 aromatic carbocycles. The van der Waals surface area contributed by atoms with Gasteiger partial charge in [-0.05, 0) is 37.7 Å². The van der Waals surface area contributed by atoms with Gasteiger partial charge in [-0.25, -0.2) is 0 Å². The summed E-state index contributed by atoms with van der Waals surface area (Å²) in [5.74, 6) is 0. The Morgan fingerprint density at radius 3 is 2.64 bits per heavy atom. The molecule has 0 aromatic heterocycles. The zero-order chi connectivity index (χ0) is 10.6. The Balaban J connectivity index is 2.96. The monoisotopic (exact) mass is 256 g/mol. The largest absolute Gasteiger partial charge is 0.377 e. The third-order valence-electron chi connectivity index (χ3n) is 2.20. The summed E-state index contributed by atoms with van der Waals surface area (Å²) in [5, 5.41) is 3.17. The molecule has 0 bridgehead atoms. The second-order valence-corrected chi connectivity index (χ2v) is 4.34. The topological polar surface area (TPSA) is 15.3 Å². The Hall–Kier alpha value is -0.540. The van der Waals surface area contributed by atoms with Gasteiger partial charge < -0.3 is 10.2 Å². The fourth-order valence-corrected chi connectivity index (χ4v) is 2.02. The lowest BCUT2D eigenvalue weighted by Gasteiger charge is -2.18. The molecule has 1 aromatic rings. The van der Waals surface area contributed by atoms with Gasteiger partial charge >= 0.3 is 0 Å². The Morgan fingerprint density at radius 2 is 2.07 bits per heavy atom. The smallest absolute Gasteiger partial charge is 0.0405 e. The molecule has 0 aliphatic rings. The van der Waals surface area contributed by atoms with Crippen LogP contribution in [0, 0.1) is 0 Å². The van der Waals surface area contributed by atoms with Gasteiger partial charge in [0.25, 0.3) is 0 Å². The van der Waals surface area contributed by atoms with Crippen LogP contribution in [0.2, 0.25) is 0 Å². The summed E-state index contributed by atoms with van der Waals surface area (Å²) in [6.07, 6.45) is 1.05. The van der Waals surface area contributed by atoms with Crippen molar-refractivity contribution in [1.29, 1.82) is 0 Å². The lowest BCUT2D eigenvalue weighted by atomic mass is 10.1. The predicted molar refractivity (Wildman–Crippen MR) is 66.1 cm³/mol. The summed E-state index contributed by atoms with van der Waals surface area (Å²) in [5.41, 5.74) is 2.65. The van der Waals surface area contributed by atoms with Gasteiger partial charge in [-0.2, -0.15) is 0 Å².